The molecule has 32 heavy (non-hydrogen) atoms. The first-order valence-corrected chi connectivity index (χ1v) is 12.1. The first kappa shape index (κ1) is 25.0. The van der Waals surface area contributed by atoms with Gasteiger partial charge in [-0.1, -0.05) is 24.3 Å². The summed E-state index contributed by atoms with van der Waals surface area (Å²) in [5.41, 5.74) is 2.71. The Morgan fingerprint density at radius 1 is 1.09 bits per heavy atom. The Morgan fingerprint density at radius 2 is 1.78 bits per heavy atom. The number of methoxy groups -OCH3 is 1. The molecule has 180 valence electrons. The van der Waals surface area contributed by atoms with E-state index < -0.39 is 0 Å². The Labute approximate surface area is 194 Å². The van der Waals surface area contributed by atoms with E-state index in [1.165, 1.54) is 11.1 Å². The van der Waals surface area contributed by atoms with Crippen molar-refractivity contribution in [3.63, 3.8) is 0 Å². The molecule has 2 fully saturated rings. The maximum atomic E-state index is 6.00. The minimum Gasteiger partial charge on any atom is -0.385 e. The van der Waals surface area contributed by atoms with Crippen molar-refractivity contribution < 1.29 is 14.2 Å². The summed E-state index contributed by atoms with van der Waals surface area (Å²) in [5.74, 6) is 0.978. The second-order valence-corrected chi connectivity index (χ2v) is 9.02. The van der Waals surface area contributed by atoms with Gasteiger partial charge in [0.15, 0.2) is 5.96 Å². The molecule has 2 aliphatic heterocycles. The van der Waals surface area contributed by atoms with Crippen molar-refractivity contribution in [2.45, 2.75) is 64.5 Å². The molecule has 0 saturated carbocycles. The Kier molecular flexibility index (Phi) is 10.2. The Morgan fingerprint density at radius 3 is 2.44 bits per heavy atom. The first-order valence-electron chi connectivity index (χ1n) is 12.1. The van der Waals surface area contributed by atoms with E-state index in [2.05, 4.69) is 58.2 Å². The lowest BCUT2D eigenvalue weighted by Gasteiger charge is -2.36. The summed E-state index contributed by atoms with van der Waals surface area (Å²) >= 11 is 0. The van der Waals surface area contributed by atoms with Crippen LogP contribution in [0.1, 0.15) is 44.2 Å². The van der Waals surface area contributed by atoms with E-state index in [0.29, 0.717) is 6.10 Å². The third kappa shape index (κ3) is 7.73. The van der Waals surface area contributed by atoms with Gasteiger partial charge in [0.2, 0.25) is 0 Å². The summed E-state index contributed by atoms with van der Waals surface area (Å²) in [6.07, 6.45) is 3.96. The molecule has 1 aromatic rings. The molecule has 3 rings (SSSR count). The highest BCUT2D eigenvalue weighted by molar-refractivity contribution is 5.80. The normalized spacial score (nSPS) is 23.5. The quantitative estimate of drug-likeness (QED) is 0.358. The molecular weight excluding hydrogens is 404 g/mol. The Balaban J connectivity index is 1.48. The second kappa shape index (κ2) is 13.1. The molecule has 2 saturated heterocycles. The van der Waals surface area contributed by atoms with E-state index >= 15 is 0 Å². The molecule has 2 atom stereocenters. The largest absolute Gasteiger partial charge is 0.385 e. The highest BCUT2D eigenvalue weighted by Crippen LogP contribution is 2.18. The zero-order valence-corrected chi connectivity index (χ0v) is 20.4. The van der Waals surface area contributed by atoms with Gasteiger partial charge in [-0.25, -0.2) is 0 Å². The van der Waals surface area contributed by atoms with Crippen molar-refractivity contribution >= 4 is 5.96 Å². The monoisotopic (exact) mass is 446 g/mol. The number of hydrogen-bond donors (Lipinski definition) is 1. The van der Waals surface area contributed by atoms with Crippen molar-refractivity contribution in [2.75, 3.05) is 53.6 Å². The Bertz CT molecular complexity index is 696. The summed E-state index contributed by atoms with van der Waals surface area (Å²) in [6.45, 7) is 11.5. The van der Waals surface area contributed by atoms with Gasteiger partial charge >= 0.3 is 0 Å². The van der Waals surface area contributed by atoms with Gasteiger partial charge in [0.25, 0.3) is 0 Å². The van der Waals surface area contributed by atoms with E-state index in [4.69, 9.17) is 14.2 Å². The molecule has 0 spiro atoms. The third-order valence-corrected chi connectivity index (χ3v) is 6.24. The number of nitrogens with one attached hydrogen (secondary N) is 1. The summed E-state index contributed by atoms with van der Waals surface area (Å²) in [6, 6.07) is 8.73. The summed E-state index contributed by atoms with van der Waals surface area (Å²) < 4.78 is 17.0. The van der Waals surface area contributed by atoms with Crippen LogP contribution in [0.15, 0.2) is 29.3 Å². The van der Waals surface area contributed by atoms with Gasteiger partial charge in [0.1, 0.15) is 0 Å². The number of aliphatic imine (C=N–C) groups is 1. The molecule has 2 heterocycles. The van der Waals surface area contributed by atoms with E-state index in [1.807, 2.05) is 7.05 Å². The fourth-order valence-corrected chi connectivity index (χ4v) is 4.73. The number of nitrogens with zero attached hydrogens (tertiary/aromatic N) is 3. The molecule has 7 heteroatoms. The van der Waals surface area contributed by atoms with Crippen LogP contribution in [0.2, 0.25) is 0 Å². The smallest absolute Gasteiger partial charge is 0.193 e. The number of hydrogen-bond acceptors (Lipinski definition) is 5. The maximum absolute atomic E-state index is 6.00. The summed E-state index contributed by atoms with van der Waals surface area (Å²) in [7, 11) is 3.61. The average Bonchev–Trinajstić information content (AvgIpc) is 2.78. The van der Waals surface area contributed by atoms with Crippen LogP contribution in [-0.2, 0) is 27.3 Å². The zero-order valence-electron chi connectivity index (χ0n) is 20.4. The lowest BCUT2D eigenvalue weighted by atomic mass is 10.1. The third-order valence-electron chi connectivity index (χ3n) is 6.24. The van der Waals surface area contributed by atoms with E-state index in [0.717, 1.165) is 77.7 Å². The number of likely N-dealkylation sites (tertiary alicyclic amines) is 1. The number of guanidine groups is 1. The molecule has 0 aromatic heterocycles. The molecule has 0 aliphatic carbocycles. The van der Waals surface area contributed by atoms with Crippen molar-refractivity contribution in [2.24, 2.45) is 4.99 Å². The van der Waals surface area contributed by atoms with E-state index in [-0.39, 0.29) is 12.2 Å². The highest BCUT2D eigenvalue weighted by Gasteiger charge is 2.24. The predicted molar refractivity (Wildman–Crippen MR) is 129 cm³/mol. The van der Waals surface area contributed by atoms with Crippen LogP contribution < -0.4 is 5.32 Å². The standard InChI is InChI=1S/C25H42N4O3/c1-20-17-28(18-21(2)32-20)19-23-9-6-5-8-22(23)16-27-25(26-3)29-12-10-24(11-13-29)31-15-7-14-30-4/h5-6,8-9,20-21,24H,7,10-19H2,1-4H3,(H,26,27). The van der Waals surface area contributed by atoms with E-state index in [1.54, 1.807) is 7.11 Å². The fraction of sp³-hybridized carbons (Fsp3) is 0.720. The number of ether oxygens (including phenoxy) is 3. The number of rotatable bonds is 9. The number of morpholine rings is 1. The van der Waals surface area contributed by atoms with Crippen LogP contribution in [0.25, 0.3) is 0 Å². The molecule has 2 aliphatic rings. The van der Waals surface area contributed by atoms with Gasteiger partial charge in [0.05, 0.1) is 18.3 Å². The maximum Gasteiger partial charge on any atom is 0.193 e. The SMILES string of the molecule is CN=C(NCc1ccccc1CN1CC(C)OC(C)C1)N1CCC(OCCCOC)CC1. The molecule has 2 unspecified atom stereocenters. The Hall–Kier alpha value is -1.67. The lowest BCUT2D eigenvalue weighted by molar-refractivity contribution is -0.0705. The summed E-state index contributed by atoms with van der Waals surface area (Å²) in [5, 5.41) is 3.60. The van der Waals surface area contributed by atoms with Crippen LogP contribution in [0, 0.1) is 0 Å². The molecule has 0 amide bonds. The van der Waals surface area contributed by atoms with Crippen LogP contribution in [-0.4, -0.2) is 87.6 Å². The molecule has 0 bridgehead atoms. The van der Waals surface area contributed by atoms with Crippen molar-refractivity contribution in [3.05, 3.63) is 35.4 Å². The van der Waals surface area contributed by atoms with Gasteiger partial charge < -0.3 is 24.4 Å². The molecule has 0 radical (unpaired) electrons. The highest BCUT2D eigenvalue weighted by atomic mass is 16.5. The van der Waals surface area contributed by atoms with Crippen molar-refractivity contribution in [3.8, 4) is 0 Å². The van der Waals surface area contributed by atoms with Crippen LogP contribution in [0.3, 0.4) is 0 Å². The number of benzene rings is 1. The van der Waals surface area contributed by atoms with Crippen molar-refractivity contribution in [1.82, 2.24) is 15.1 Å². The van der Waals surface area contributed by atoms with Crippen molar-refractivity contribution in [1.29, 1.82) is 0 Å². The predicted octanol–water partition coefficient (Wildman–Crippen LogP) is 2.89. The number of piperidine rings is 1. The minimum atomic E-state index is 0.287. The lowest BCUT2D eigenvalue weighted by Crippen LogP contribution is -2.47. The van der Waals surface area contributed by atoms with Gasteiger partial charge in [-0.2, -0.15) is 0 Å². The van der Waals surface area contributed by atoms with Crippen LogP contribution in [0.4, 0.5) is 0 Å². The molecule has 1 aromatic carbocycles. The molecular formula is C25H42N4O3. The summed E-state index contributed by atoms with van der Waals surface area (Å²) in [4.78, 5) is 9.40. The fourth-order valence-electron chi connectivity index (χ4n) is 4.73. The van der Waals surface area contributed by atoms with Gasteiger partial charge in [-0.05, 0) is 44.2 Å². The minimum absolute atomic E-state index is 0.287. The second-order valence-electron chi connectivity index (χ2n) is 9.02. The molecule has 7 nitrogen and oxygen atoms in total. The average molecular weight is 447 g/mol. The van der Waals surface area contributed by atoms with Gasteiger partial charge in [-0.15, -0.1) is 0 Å². The van der Waals surface area contributed by atoms with Crippen LogP contribution in [0.5, 0.6) is 0 Å². The topological polar surface area (TPSA) is 58.6 Å². The van der Waals surface area contributed by atoms with Crippen LogP contribution >= 0.6 is 0 Å². The van der Waals surface area contributed by atoms with Gasteiger partial charge in [0, 0.05) is 66.6 Å². The molecule has 1 N–H and O–H groups in total. The first-order chi connectivity index (χ1) is 15.6. The zero-order chi connectivity index (χ0) is 22.8. The van der Waals surface area contributed by atoms with E-state index in [9.17, 15) is 0 Å². The van der Waals surface area contributed by atoms with Gasteiger partial charge in [-0.3, -0.25) is 9.89 Å².